The van der Waals surface area contributed by atoms with E-state index in [4.69, 9.17) is 9.47 Å². The van der Waals surface area contributed by atoms with Crippen LogP contribution in [0.2, 0.25) is 0 Å². The number of aliphatic hydroxyl groups is 1. The van der Waals surface area contributed by atoms with Crippen molar-refractivity contribution in [3.05, 3.63) is 95.1 Å². The fraction of sp³-hybridized carbons (Fsp3) is 0.382. The molecule has 4 heterocycles. The van der Waals surface area contributed by atoms with Gasteiger partial charge in [0.2, 0.25) is 5.91 Å². The van der Waals surface area contributed by atoms with Gasteiger partial charge in [-0.3, -0.25) is 14.5 Å². The van der Waals surface area contributed by atoms with Crippen LogP contribution in [0, 0.1) is 5.92 Å². The second-order valence-electron chi connectivity index (χ2n) is 12.0. The Bertz CT molecular complexity index is 1570. The summed E-state index contributed by atoms with van der Waals surface area (Å²) in [5.41, 5.74) is 4.43. The normalized spacial score (nSPS) is 26.2. The number of rotatable bonds is 6. The molecule has 0 saturated carbocycles. The predicted octanol–water partition coefficient (Wildman–Crippen LogP) is 4.15. The van der Waals surface area contributed by atoms with Crippen LogP contribution in [0.5, 0.6) is 0 Å². The number of ether oxygens (including phenoxy) is 2. The van der Waals surface area contributed by atoms with Gasteiger partial charge in [0.1, 0.15) is 6.61 Å². The highest BCUT2D eigenvalue weighted by Gasteiger charge is 2.60. The van der Waals surface area contributed by atoms with E-state index in [0.717, 1.165) is 33.6 Å². The van der Waals surface area contributed by atoms with E-state index in [2.05, 4.69) is 6.07 Å². The van der Waals surface area contributed by atoms with Crippen molar-refractivity contribution in [1.82, 2.24) is 4.90 Å². The third-order valence-electron chi connectivity index (χ3n) is 9.46. The minimum Gasteiger partial charge on any atom is -0.447 e. The van der Waals surface area contributed by atoms with E-state index in [9.17, 15) is 19.5 Å². The van der Waals surface area contributed by atoms with Crippen molar-refractivity contribution in [2.75, 3.05) is 29.6 Å². The first-order valence-electron chi connectivity index (χ1n) is 15.0. The van der Waals surface area contributed by atoms with Gasteiger partial charge >= 0.3 is 6.09 Å². The summed E-state index contributed by atoms with van der Waals surface area (Å²) in [5, 5.41) is 10.1. The number of cyclic esters (lactones) is 1. The van der Waals surface area contributed by atoms with Crippen LogP contribution in [0.25, 0.3) is 0 Å². The molecule has 0 aliphatic carbocycles. The number of fused-ring (bicyclic) bond motifs is 3. The number of hydrogen-bond donors (Lipinski definition) is 1. The Morgan fingerprint density at radius 1 is 1.00 bits per heavy atom. The van der Waals surface area contributed by atoms with Gasteiger partial charge < -0.3 is 24.4 Å². The summed E-state index contributed by atoms with van der Waals surface area (Å²) in [6.45, 7) is 3.63. The Balaban J connectivity index is 1.10. The van der Waals surface area contributed by atoms with Crippen LogP contribution < -0.4 is 9.80 Å². The van der Waals surface area contributed by atoms with Crippen molar-refractivity contribution in [3.63, 3.8) is 0 Å². The summed E-state index contributed by atoms with van der Waals surface area (Å²) in [6.07, 6.45) is 0.578. The molecule has 3 amide bonds. The molecule has 9 heteroatoms. The molecule has 0 aromatic heterocycles. The smallest absolute Gasteiger partial charge is 0.414 e. The SMILES string of the molecule is C[C@H]1C[C@@H](CC(=O)N2Cc3ccccc3C[C@H]2CO)O[C@]12C(=O)N(Cc1ccc(N3CCOC3=O)cc1)c1ccccc12. The Morgan fingerprint density at radius 2 is 1.74 bits per heavy atom. The van der Waals surface area contributed by atoms with Crippen LogP contribution in [0.3, 0.4) is 0 Å². The topological polar surface area (TPSA) is 99.6 Å². The zero-order valence-electron chi connectivity index (χ0n) is 24.1. The first-order valence-corrected chi connectivity index (χ1v) is 15.0. The van der Waals surface area contributed by atoms with Gasteiger partial charge in [-0.05, 0) is 47.7 Å². The Labute approximate surface area is 250 Å². The first-order chi connectivity index (χ1) is 20.9. The molecule has 3 aromatic carbocycles. The lowest BCUT2D eigenvalue weighted by Crippen LogP contribution is -2.47. The molecule has 0 bridgehead atoms. The molecule has 0 unspecified atom stereocenters. The Kier molecular flexibility index (Phi) is 6.94. The van der Waals surface area contributed by atoms with E-state index in [1.165, 1.54) is 0 Å². The summed E-state index contributed by atoms with van der Waals surface area (Å²) < 4.78 is 11.7. The zero-order valence-corrected chi connectivity index (χ0v) is 24.1. The number of nitrogens with zero attached hydrogens (tertiary/aromatic N) is 3. The van der Waals surface area contributed by atoms with Gasteiger partial charge in [-0.25, -0.2) is 4.79 Å². The minimum atomic E-state index is -1.16. The van der Waals surface area contributed by atoms with E-state index in [-0.39, 0.29) is 42.9 Å². The van der Waals surface area contributed by atoms with Crippen LogP contribution in [-0.4, -0.2) is 59.8 Å². The largest absolute Gasteiger partial charge is 0.447 e. The second-order valence-corrected chi connectivity index (χ2v) is 12.0. The lowest BCUT2D eigenvalue weighted by molar-refractivity contribution is -0.151. The zero-order chi connectivity index (χ0) is 29.7. The fourth-order valence-electron chi connectivity index (χ4n) is 7.25. The number of carbonyl (C=O) groups excluding carboxylic acids is 3. The van der Waals surface area contributed by atoms with Crippen LogP contribution in [-0.2, 0) is 44.2 Å². The number of hydrogen-bond acceptors (Lipinski definition) is 6. The van der Waals surface area contributed by atoms with Crippen molar-refractivity contribution in [2.45, 2.75) is 57.0 Å². The third-order valence-corrected chi connectivity index (χ3v) is 9.46. The average molecular weight is 582 g/mol. The Morgan fingerprint density at radius 3 is 2.49 bits per heavy atom. The standard InChI is InChI=1S/C34H35N3O6/c1-22-16-28(18-31(39)36-20-25-7-3-2-6-24(25)17-27(36)21-38)43-34(22)29-8-4-5-9-30(29)37(32(34)40)19-23-10-12-26(13-11-23)35-14-15-42-33(35)41/h2-13,22,27-28,38H,14-21H2,1H3/t22-,27-,28-,34+/m0/s1. The predicted molar refractivity (Wildman–Crippen MR) is 159 cm³/mol. The maximum Gasteiger partial charge on any atom is 0.414 e. The first kappa shape index (κ1) is 27.6. The number of amides is 3. The number of anilines is 2. The van der Waals surface area contributed by atoms with Crippen molar-refractivity contribution in [1.29, 1.82) is 0 Å². The van der Waals surface area contributed by atoms with Crippen molar-refractivity contribution in [2.24, 2.45) is 5.92 Å². The van der Waals surface area contributed by atoms with Crippen LogP contribution >= 0.6 is 0 Å². The van der Waals surface area contributed by atoms with Gasteiger partial charge in [-0.15, -0.1) is 0 Å². The molecule has 7 rings (SSSR count). The molecule has 3 aromatic rings. The summed E-state index contributed by atoms with van der Waals surface area (Å²) in [5.74, 6) is -0.327. The van der Waals surface area contributed by atoms with E-state index in [1.54, 1.807) is 14.7 Å². The summed E-state index contributed by atoms with van der Waals surface area (Å²) in [7, 11) is 0. The van der Waals surface area contributed by atoms with Crippen LogP contribution in [0.1, 0.15) is 42.0 Å². The molecule has 0 radical (unpaired) electrons. The molecule has 1 N–H and O–H groups in total. The second kappa shape index (κ2) is 10.8. The lowest BCUT2D eigenvalue weighted by atomic mass is 9.83. The highest BCUT2D eigenvalue weighted by atomic mass is 16.6. The molecule has 4 aliphatic rings. The molecule has 4 atom stereocenters. The van der Waals surface area contributed by atoms with Gasteiger partial charge in [0.05, 0.1) is 44.0 Å². The molecular formula is C34H35N3O6. The third kappa shape index (κ3) is 4.58. The summed E-state index contributed by atoms with van der Waals surface area (Å²) in [4.78, 5) is 45.0. The Hall–Kier alpha value is -4.21. The van der Waals surface area contributed by atoms with Crippen LogP contribution in [0.4, 0.5) is 16.2 Å². The molecule has 43 heavy (non-hydrogen) atoms. The van der Waals surface area contributed by atoms with Crippen molar-refractivity contribution < 1.29 is 29.0 Å². The minimum absolute atomic E-state index is 0.0691. The van der Waals surface area contributed by atoms with Crippen molar-refractivity contribution in [3.8, 4) is 0 Å². The maximum atomic E-state index is 14.3. The molecule has 222 valence electrons. The van der Waals surface area contributed by atoms with Gasteiger partial charge in [0.25, 0.3) is 5.91 Å². The highest BCUT2D eigenvalue weighted by molar-refractivity contribution is 6.07. The molecule has 1 spiro atoms. The highest BCUT2D eigenvalue weighted by Crippen LogP contribution is 2.53. The molecule has 2 saturated heterocycles. The fourth-order valence-corrected chi connectivity index (χ4v) is 7.25. The van der Waals surface area contributed by atoms with Gasteiger partial charge in [0, 0.05) is 23.7 Å². The average Bonchev–Trinajstić information content (AvgIpc) is 3.67. The van der Waals surface area contributed by atoms with Crippen molar-refractivity contribution >= 4 is 29.3 Å². The van der Waals surface area contributed by atoms with E-state index in [1.807, 2.05) is 73.7 Å². The van der Waals surface area contributed by atoms with E-state index < -0.39 is 11.7 Å². The van der Waals surface area contributed by atoms with Gasteiger partial charge in [-0.1, -0.05) is 61.5 Å². The molecular weight excluding hydrogens is 546 g/mol. The molecule has 4 aliphatic heterocycles. The molecule has 2 fully saturated rings. The van der Waals surface area contributed by atoms with Gasteiger partial charge in [0.15, 0.2) is 5.60 Å². The molecule has 9 nitrogen and oxygen atoms in total. The number of para-hydroxylation sites is 1. The number of aliphatic hydroxyl groups excluding tert-OH is 1. The number of benzene rings is 3. The monoisotopic (exact) mass is 581 g/mol. The van der Waals surface area contributed by atoms with Crippen LogP contribution in [0.15, 0.2) is 72.8 Å². The summed E-state index contributed by atoms with van der Waals surface area (Å²) >= 11 is 0. The van der Waals surface area contributed by atoms with E-state index >= 15 is 0 Å². The number of carbonyl (C=O) groups is 3. The van der Waals surface area contributed by atoms with Gasteiger partial charge in [-0.2, -0.15) is 0 Å². The summed E-state index contributed by atoms with van der Waals surface area (Å²) in [6, 6.07) is 23.1. The van der Waals surface area contributed by atoms with E-state index in [0.29, 0.717) is 39.1 Å². The maximum absolute atomic E-state index is 14.3. The lowest BCUT2D eigenvalue weighted by Gasteiger charge is -2.36. The quantitative estimate of drug-likeness (QED) is 0.470.